The van der Waals surface area contributed by atoms with Crippen LogP contribution >= 0.6 is 15.9 Å². The first-order chi connectivity index (χ1) is 25.9. The van der Waals surface area contributed by atoms with Gasteiger partial charge < -0.3 is 30.5 Å². The Labute approximate surface area is 324 Å². The summed E-state index contributed by atoms with van der Waals surface area (Å²) in [4.78, 5) is 30.1. The van der Waals surface area contributed by atoms with Crippen LogP contribution in [0.3, 0.4) is 0 Å². The number of carbonyl (C=O) groups is 2. The van der Waals surface area contributed by atoms with Gasteiger partial charge in [0.2, 0.25) is 0 Å². The van der Waals surface area contributed by atoms with Crippen molar-refractivity contribution in [1.29, 1.82) is 0 Å². The van der Waals surface area contributed by atoms with Gasteiger partial charge >= 0.3 is 0 Å². The van der Waals surface area contributed by atoms with Crippen molar-refractivity contribution in [1.82, 2.24) is 15.0 Å². The monoisotopic (exact) mass is 808 g/mol. The number of carbonyl (C=O) groups excluding carboxylic acids is 2. The minimum Gasteiger partial charge on any atom is -0.497 e. The molecule has 2 aliphatic rings. The topological polar surface area (TPSA) is 145 Å². The van der Waals surface area contributed by atoms with Crippen molar-refractivity contribution in [3.63, 3.8) is 0 Å². The Bertz CT molecular complexity index is 2160. The lowest BCUT2D eigenvalue weighted by atomic mass is 9.82. The van der Waals surface area contributed by atoms with E-state index >= 15 is 4.79 Å². The Hall–Kier alpha value is -4.82. The smallest absolute Gasteiger partial charge is 0.264 e. The number of halogens is 1. The maximum absolute atomic E-state index is 15.2. The van der Waals surface area contributed by atoms with E-state index in [0.717, 1.165) is 32.7 Å². The molecule has 2 amide bonds. The Kier molecular flexibility index (Phi) is 10.5. The molecule has 0 saturated carbocycles. The first-order valence-corrected chi connectivity index (χ1v) is 22.0. The standard InChI is InChI=1S/C41H45BrN6O5Si/c1-26-38(54(3,4)34-15-13-33(52-2)14-16-34)37(18-20-47-25-32(19-21-49)45-46-47)53-41(26)35-23-29(42)10-17-36(35)48(40(41)51)24-27-6-5-7-31(22-27)44-39(50)28-8-11-30(43)12-9-28/h5-17,22-23,25-26,37-38,49H,18-21,24,43H2,1-4H3,(H,44,50)/t26-,37+,38-,41+/m0/s1. The average Bonchev–Trinajstić information content (AvgIpc) is 3.81. The number of aromatic nitrogens is 3. The van der Waals surface area contributed by atoms with Gasteiger partial charge in [-0.05, 0) is 84.3 Å². The lowest BCUT2D eigenvalue weighted by Gasteiger charge is -2.37. The average molecular weight is 810 g/mol. The first kappa shape index (κ1) is 37.5. The van der Waals surface area contributed by atoms with Crippen LogP contribution in [0.25, 0.3) is 0 Å². The maximum Gasteiger partial charge on any atom is 0.264 e. The van der Waals surface area contributed by atoms with E-state index in [1.54, 1.807) is 36.1 Å². The molecule has 0 aliphatic carbocycles. The summed E-state index contributed by atoms with van der Waals surface area (Å²) < 4.78 is 15.4. The number of hydrogen-bond donors (Lipinski definition) is 3. The molecule has 1 saturated heterocycles. The summed E-state index contributed by atoms with van der Waals surface area (Å²) in [5, 5.41) is 22.2. The Morgan fingerprint density at radius 2 is 1.83 bits per heavy atom. The van der Waals surface area contributed by atoms with E-state index in [2.05, 4.69) is 63.7 Å². The van der Waals surface area contributed by atoms with Gasteiger partial charge in [0.1, 0.15) is 5.75 Å². The molecule has 1 spiro atoms. The van der Waals surface area contributed by atoms with E-state index in [1.807, 2.05) is 65.7 Å². The molecule has 280 valence electrons. The SMILES string of the molecule is COc1ccc([Si](C)(C)[C@@H]2[C@@H](CCn3cc(CCO)nn3)O[C@]3(C(=O)N(Cc4cccc(NC(=O)c5ccc(N)cc5)c4)c4ccc(Br)cc43)[C@H]2C)cc1. The molecule has 0 unspecified atom stereocenters. The predicted molar refractivity (Wildman–Crippen MR) is 216 cm³/mol. The third-order valence-electron chi connectivity index (χ3n) is 11.1. The van der Waals surface area contributed by atoms with Crippen LogP contribution in [0.15, 0.2) is 102 Å². The summed E-state index contributed by atoms with van der Waals surface area (Å²) in [5.74, 6) is 0.273. The van der Waals surface area contributed by atoms with E-state index in [9.17, 15) is 9.90 Å². The van der Waals surface area contributed by atoms with Gasteiger partial charge in [0.15, 0.2) is 5.60 Å². The van der Waals surface area contributed by atoms with E-state index in [0.29, 0.717) is 36.3 Å². The van der Waals surface area contributed by atoms with Crippen molar-refractivity contribution < 1.29 is 24.2 Å². The van der Waals surface area contributed by atoms with E-state index in [-0.39, 0.29) is 42.5 Å². The van der Waals surface area contributed by atoms with Crippen LogP contribution in [0.4, 0.5) is 17.1 Å². The van der Waals surface area contributed by atoms with Crippen LogP contribution in [-0.4, -0.2) is 59.8 Å². The van der Waals surface area contributed by atoms with Crippen molar-refractivity contribution in [2.75, 3.05) is 29.7 Å². The van der Waals surface area contributed by atoms with Crippen molar-refractivity contribution in [2.45, 2.75) is 63.2 Å². The molecular formula is C41H45BrN6O5Si. The minimum atomic E-state index is -2.35. The molecule has 5 aromatic rings. The molecule has 54 heavy (non-hydrogen) atoms. The summed E-state index contributed by atoms with van der Waals surface area (Å²) in [6, 6.07) is 28.7. The summed E-state index contributed by atoms with van der Waals surface area (Å²) in [7, 11) is -0.683. The molecule has 4 N–H and O–H groups in total. The molecule has 0 radical (unpaired) electrons. The number of nitrogens with two attached hydrogens (primary N) is 1. The number of aliphatic hydroxyl groups is 1. The lowest BCUT2D eigenvalue weighted by molar-refractivity contribution is -0.146. The number of aryl methyl sites for hydroxylation is 1. The van der Waals surface area contributed by atoms with Crippen molar-refractivity contribution in [3.05, 3.63) is 124 Å². The fourth-order valence-corrected chi connectivity index (χ4v) is 12.8. The van der Waals surface area contributed by atoms with Crippen LogP contribution in [0.1, 0.15) is 40.5 Å². The van der Waals surface area contributed by atoms with Crippen LogP contribution < -0.4 is 25.9 Å². The second-order valence-electron chi connectivity index (χ2n) is 14.7. The lowest BCUT2D eigenvalue weighted by Crippen LogP contribution is -2.51. The number of methoxy groups -OCH3 is 1. The third-order valence-corrected chi connectivity index (χ3v) is 15.9. The highest BCUT2D eigenvalue weighted by Gasteiger charge is 2.66. The number of amides is 2. The molecule has 1 aromatic heterocycles. The minimum absolute atomic E-state index is 0.00428. The molecule has 3 heterocycles. The molecule has 13 heteroatoms. The second kappa shape index (κ2) is 15.1. The van der Waals surface area contributed by atoms with Crippen LogP contribution in [0.5, 0.6) is 5.75 Å². The molecule has 4 aromatic carbocycles. The number of rotatable bonds is 12. The summed E-state index contributed by atoms with van der Waals surface area (Å²) in [6.07, 6.45) is 2.66. The molecule has 4 atom stereocenters. The zero-order chi connectivity index (χ0) is 38.2. The first-order valence-electron chi connectivity index (χ1n) is 18.1. The molecular weight excluding hydrogens is 764 g/mol. The fourth-order valence-electron chi connectivity index (χ4n) is 8.42. The molecule has 0 bridgehead atoms. The van der Waals surface area contributed by atoms with Crippen LogP contribution in [-0.2, 0) is 34.6 Å². The van der Waals surface area contributed by atoms with Crippen molar-refractivity contribution >= 4 is 58.1 Å². The number of hydrogen-bond acceptors (Lipinski definition) is 8. The molecule has 2 aliphatic heterocycles. The summed E-state index contributed by atoms with van der Waals surface area (Å²) >= 11 is 3.70. The molecule has 7 rings (SSSR count). The van der Waals surface area contributed by atoms with E-state index in [4.69, 9.17) is 15.2 Å². The zero-order valence-electron chi connectivity index (χ0n) is 30.8. The fraction of sp³-hybridized carbons (Fsp3) is 0.317. The molecule has 1 fully saturated rings. The quantitative estimate of drug-likeness (QED) is 0.0989. The highest BCUT2D eigenvalue weighted by atomic mass is 79.9. The Balaban J connectivity index is 1.23. The van der Waals surface area contributed by atoms with Gasteiger partial charge in [-0.1, -0.05) is 70.6 Å². The van der Waals surface area contributed by atoms with Gasteiger partial charge in [-0.15, -0.1) is 5.10 Å². The zero-order valence-corrected chi connectivity index (χ0v) is 33.4. The highest BCUT2D eigenvalue weighted by molar-refractivity contribution is 9.10. The second-order valence-corrected chi connectivity index (χ2v) is 20.3. The number of nitrogens with zero attached hydrogens (tertiary/aromatic N) is 4. The summed E-state index contributed by atoms with van der Waals surface area (Å²) in [5.41, 5.74) is 9.59. The normalized spacial score (nSPS) is 20.7. The number of anilines is 3. The van der Waals surface area contributed by atoms with Crippen molar-refractivity contribution in [3.8, 4) is 5.75 Å². The number of benzene rings is 4. The van der Waals surface area contributed by atoms with Crippen LogP contribution in [0, 0.1) is 5.92 Å². The number of aliphatic hydroxyl groups excluding tert-OH is 1. The number of fused-ring (bicyclic) bond motifs is 2. The van der Waals surface area contributed by atoms with E-state index < -0.39 is 13.7 Å². The number of ether oxygens (including phenoxy) is 2. The Morgan fingerprint density at radius 3 is 2.56 bits per heavy atom. The Morgan fingerprint density at radius 1 is 1.07 bits per heavy atom. The van der Waals surface area contributed by atoms with Gasteiger partial charge in [0.25, 0.3) is 11.8 Å². The van der Waals surface area contributed by atoms with Gasteiger partial charge in [0.05, 0.1) is 39.2 Å². The number of nitrogen functional groups attached to an aromatic ring is 1. The predicted octanol–water partition coefficient (Wildman–Crippen LogP) is 6.27. The van der Waals surface area contributed by atoms with Gasteiger partial charge in [-0.2, -0.15) is 0 Å². The maximum atomic E-state index is 15.2. The van der Waals surface area contributed by atoms with Gasteiger partial charge in [-0.25, -0.2) is 0 Å². The highest BCUT2D eigenvalue weighted by Crippen LogP contribution is 2.60. The third kappa shape index (κ3) is 6.97. The van der Waals surface area contributed by atoms with E-state index in [1.165, 1.54) is 5.19 Å². The summed E-state index contributed by atoms with van der Waals surface area (Å²) in [6.45, 7) is 7.75. The molecule has 11 nitrogen and oxygen atoms in total. The van der Waals surface area contributed by atoms with Crippen molar-refractivity contribution in [2.24, 2.45) is 5.92 Å². The number of nitrogens with one attached hydrogen (secondary N) is 1. The van der Waals surface area contributed by atoms with Gasteiger partial charge in [-0.3, -0.25) is 14.3 Å². The largest absolute Gasteiger partial charge is 0.497 e. The van der Waals surface area contributed by atoms with Crippen LogP contribution in [0.2, 0.25) is 18.6 Å². The van der Waals surface area contributed by atoms with Gasteiger partial charge in [0, 0.05) is 58.7 Å².